The van der Waals surface area contributed by atoms with Crippen LogP contribution in [0, 0.1) is 0 Å². The molecule has 114 valence electrons. The minimum atomic E-state index is 0.411. The maximum absolute atomic E-state index is 5.90. The lowest BCUT2D eigenvalue weighted by atomic mass is 10.2. The van der Waals surface area contributed by atoms with E-state index in [1.807, 2.05) is 29.9 Å². The van der Waals surface area contributed by atoms with Gasteiger partial charge in [-0.3, -0.25) is 4.68 Å². The number of ether oxygens (including phenoxy) is 2. The third-order valence-corrected chi connectivity index (χ3v) is 4.25. The zero-order chi connectivity index (χ0) is 15.4. The second-order valence-corrected chi connectivity index (χ2v) is 5.46. The van der Waals surface area contributed by atoms with E-state index in [9.17, 15) is 0 Å². The first kappa shape index (κ1) is 15.9. The van der Waals surface area contributed by atoms with Gasteiger partial charge in [0.25, 0.3) is 0 Å². The summed E-state index contributed by atoms with van der Waals surface area (Å²) in [5.41, 5.74) is 8.69. The second-order valence-electron chi connectivity index (χ2n) is 4.66. The molecule has 1 heterocycles. The van der Waals surface area contributed by atoms with Gasteiger partial charge in [0.2, 0.25) is 0 Å². The summed E-state index contributed by atoms with van der Waals surface area (Å²) in [6.07, 6.45) is 0.875. The third kappa shape index (κ3) is 3.39. The molecule has 0 radical (unpaired) electrons. The Balaban J connectivity index is 2.21. The van der Waals surface area contributed by atoms with E-state index in [1.165, 1.54) is 0 Å². The molecule has 0 saturated heterocycles. The highest BCUT2D eigenvalue weighted by atomic mass is 79.9. The van der Waals surface area contributed by atoms with Gasteiger partial charge in [0.1, 0.15) is 6.61 Å². The predicted molar refractivity (Wildman–Crippen MR) is 85.5 cm³/mol. The molecule has 0 atom stereocenters. The number of hydrogen-bond acceptors (Lipinski definition) is 4. The molecule has 1 aromatic heterocycles. The molecule has 0 aliphatic heterocycles. The number of halogens is 1. The predicted octanol–water partition coefficient (Wildman–Crippen LogP) is 2.79. The van der Waals surface area contributed by atoms with Crippen molar-refractivity contribution in [3.63, 3.8) is 0 Å². The number of nitrogens with two attached hydrogens (primary N) is 1. The van der Waals surface area contributed by atoms with Crippen molar-refractivity contribution in [1.29, 1.82) is 0 Å². The van der Waals surface area contributed by atoms with Crippen LogP contribution in [0.3, 0.4) is 0 Å². The normalized spacial score (nSPS) is 10.7. The minimum absolute atomic E-state index is 0.411. The summed E-state index contributed by atoms with van der Waals surface area (Å²) in [7, 11) is 3.54. The molecule has 21 heavy (non-hydrogen) atoms. The second kappa shape index (κ2) is 6.95. The van der Waals surface area contributed by atoms with Crippen LogP contribution in [0.25, 0.3) is 0 Å². The molecule has 0 aliphatic rings. The third-order valence-electron chi connectivity index (χ3n) is 3.33. The number of aryl methyl sites for hydroxylation is 2. The van der Waals surface area contributed by atoms with E-state index in [1.54, 1.807) is 7.11 Å². The Labute approximate surface area is 133 Å². The summed E-state index contributed by atoms with van der Waals surface area (Å²) in [4.78, 5) is 0. The Morgan fingerprint density at radius 3 is 2.67 bits per heavy atom. The molecule has 0 fully saturated rings. The summed E-state index contributed by atoms with van der Waals surface area (Å²) in [6.45, 7) is 2.95. The van der Waals surface area contributed by atoms with Gasteiger partial charge in [-0.15, -0.1) is 0 Å². The highest BCUT2D eigenvalue weighted by Gasteiger charge is 2.14. The minimum Gasteiger partial charge on any atom is -0.493 e. The van der Waals surface area contributed by atoms with Crippen LogP contribution in [0.15, 0.2) is 22.7 Å². The highest BCUT2D eigenvalue weighted by molar-refractivity contribution is 9.10. The van der Waals surface area contributed by atoms with Crippen LogP contribution in [0.2, 0.25) is 0 Å². The first-order valence-corrected chi connectivity index (χ1v) is 7.60. The van der Waals surface area contributed by atoms with Crippen LogP contribution in [0.4, 0.5) is 0 Å². The van der Waals surface area contributed by atoms with Gasteiger partial charge in [-0.05, 0) is 40.0 Å². The quantitative estimate of drug-likeness (QED) is 0.867. The van der Waals surface area contributed by atoms with Crippen molar-refractivity contribution in [3.8, 4) is 11.5 Å². The summed E-state index contributed by atoms with van der Waals surface area (Å²) >= 11 is 3.58. The molecule has 1 aromatic carbocycles. The van der Waals surface area contributed by atoms with Crippen molar-refractivity contribution in [1.82, 2.24) is 9.78 Å². The van der Waals surface area contributed by atoms with Crippen LogP contribution in [0.5, 0.6) is 11.5 Å². The monoisotopic (exact) mass is 353 g/mol. The summed E-state index contributed by atoms with van der Waals surface area (Å²) in [5.74, 6) is 1.38. The van der Waals surface area contributed by atoms with Crippen LogP contribution in [0.1, 0.15) is 23.9 Å². The van der Waals surface area contributed by atoms with Gasteiger partial charge >= 0.3 is 0 Å². The summed E-state index contributed by atoms with van der Waals surface area (Å²) in [5, 5.41) is 4.46. The Morgan fingerprint density at radius 2 is 2.10 bits per heavy atom. The van der Waals surface area contributed by atoms with Crippen molar-refractivity contribution in [2.24, 2.45) is 12.8 Å². The molecule has 5 nitrogen and oxygen atoms in total. The Bertz CT molecular complexity index is 626. The van der Waals surface area contributed by atoms with E-state index in [2.05, 4.69) is 28.0 Å². The highest BCUT2D eigenvalue weighted by Crippen LogP contribution is 2.30. The Kier molecular flexibility index (Phi) is 5.25. The van der Waals surface area contributed by atoms with Gasteiger partial charge in [-0.25, -0.2) is 0 Å². The zero-order valence-electron chi connectivity index (χ0n) is 12.5. The first-order valence-electron chi connectivity index (χ1n) is 6.80. The van der Waals surface area contributed by atoms with Crippen LogP contribution >= 0.6 is 15.9 Å². The van der Waals surface area contributed by atoms with Crippen molar-refractivity contribution < 1.29 is 9.47 Å². The largest absolute Gasteiger partial charge is 0.493 e. The molecule has 2 N–H and O–H groups in total. The molecule has 0 saturated carbocycles. The van der Waals surface area contributed by atoms with Crippen LogP contribution in [-0.4, -0.2) is 16.9 Å². The lowest BCUT2D eigenvalue weighted by Gasteiger charge is -2.12. The fourth-order valence-corrected chi connectivity index (χ4v) is 2.81. The Morgan fingerprint density at radius 1 is 1.33 bits per heavy atom. The number of nitrogens with zero attached hydrogens (tertiary/aromatic N) is 2. The fourth-order valence-electron chi connectivity index (χ4n) is 2.08. The van der Waals surface area contributed by atoms with Gasteiger partial charge in [0, 0.05) is 13.6 Å². The lowest BCUT2D eigenvalue weighted by Crippen LogP contribution is -2.05. The standard InChI is InChI=1S/C15H20BrN3O2/c1-4-11-15(16)12(19(2)18-11)9-21-14-7-10(8-17)5-6-13(14)20-3/h5-7H,4,8-9,17H2,1-3H3. The zero-order valence-corrected chi connectivity index (χ0v) is 14.1. The molecule has 0 aliphatic carbocycles. The van der Waals surface area contributed by atoms with Crippen molar-refractivity contribution in [2.75, 3.05) is 7.11 Å². The van der Waals surface area contributed by atoms with E-state index < -0.39 is 0 Å². The van der Waals surface area contributed by atoms with E-state index in [4.69, 9.17) is 15.2 Å². The van der Waals surface area contributed by atoms with E-state index >= 15 is 0 Å². The number of benzene rings is 1. The number of rotatable bonds is 6. The molecular weight excluding hydrogens is 334 g/mol. The average molecular weight is 354 g/mol. The van der Waals surface area contributed by atoms with Gasteiger partial charge in [0.05, 0.1) is 23.0 Å². The molecule has 0 amide bonds. The topological polar surface area (TPSA) is 62.3 Å². The van der Waals surface area contributed by atoms with Gasteiger partial charge in [-0.1, -0.05) is 13.0 Å². The van der Waals surface area contributed by atoms with E-state index in [0.717, 1.165) is 27.8 Å². The number of hydrogen-bond donors (Lipinski definition) is 1. The SMILES string of the molecule is CCc1nn(C)c(COc2cc(CN)ccc2OC)c1Br. The molecule has 6 heteroatoms. The molecule has 2 aromatic rings. The molecule has 0 spiro atoms. The smallest absolute Gasteiger partial charge is 0.162 e. The molecule has 2 rings (SSSR count). The Hall–Kier alpha value is -1.53. The van der Waals surface area contributed by atoms with Gasteiger partial charge in [0.15, 0.2) is 11.5 Å². The van der Waals surface area contributed by atoms with E-state index in [0.29, 0.717) is 24.7 Å². The fraction of sp³-hybridized carbons (Fsp3) is 0.400. The lowest BCUT2D eigenvalue weighted by molar-refractivity contribution is 0.275. The van der Waals surface area contributed by atoms with E-state index in [-0.39, 0.29) is 0 Å². The summed E-state index contributed by atoms with van der Waals surface area (Å²) in [6, 6.07) is 5.71. The van der Waals surface area contributed by atoms with Gasteiger partial charge in [-0.2, -0.15) is 5.10 Å². The maximum atomic E-state index is 5.90. The number of aromatic nitrogens is 2. The van der Waals surface area contributed by atoms with Crippen LogP contribution in [-0.2, 0) is 26.6 Å². The maximum Gasteiger partial charge on any atom is 0.162 e. The first-order chi connectivity index (χ1) is 10.1. The van der Waals surface area contributed by atoms with Crippen molar-refractivity contribution in [2.45, 2.75) is 26.5 Å². The molecule has 0 bridgehead atoms. The molecule has 0 unspecified atom stereocenters. The van der Waals surface area contributed by atoms with Crippen molar-refractivity contribution >= 4 is 15.9 Å². The van der Waals surface area contributed by atoms with Gasteiger partial charge < -0.3 is 15.2 Å². The average Bonchev–Trinajstić information content (AvgIpc) is 2.79. The number of methoxy groups -OCH3 is 1. The van der Waals surface area contributed by atoms with Crippen LogP contribution < -0.4 is 15.2 Å². The summed E-state index contributed by atoms with van der Waals surface area (Å²) < 4.78 is 14.1. The molecular formula is C15H20BrN3O2. The van der Waals surface area contributed by atoms with Crippen molar-refractivity contribution in [3.05, 3.63) is 39.6 Å².